The molecule has 0 aliphatic heterocycles. The standard InChI is InChI=1S/C9H17NO4S2/c1-9(2,5-16(3)14)8(13)10-6(4-15)7(11)12/h6,15H,4-5H2,1-3H3,(H,10,13)(H,11,12)/t6-,16?/m0/s1. The number of rotatable bonds is 6. The van der Waals surface area contributed by atoms with Crippen LogP contribution in [0.15, 0.2) is 0 Å². The molecule has 0 aliphatic rings. The van der Waals surface area contributed by atoms with Gasteiger partial charge in [-0.05, 0) is 0 Å². The number of carbonyl (C=O) groups is 2. The fourth-order valence-corrected chi connectivity index (χ4v) is 2.51. The molecule has 0 aliphatic carbocycles. The van der Waals surface area contributed by atoms with Crippen molar-refractivity contribution in [3.8, 4) is 0 Å². The van der Waals surface area contributed by atoms with Gasteiger partial charge in [0.2, 0.25) is 5.91 Å². The predicted octanol–water partition coefficient (Wildman–Crippen LogP) is -0.110. The van der Waals surface area contributed by atoms with Crippen LogP contribution in [0.5, 0.6) is 0 Å². The van der Waals surface area contributed by atoms with Crippen LogP contribution in [0.25, 0.3) is 0 Å². The number of thiol groups is 1. The van der Waals surface area contributed by atoms with Gasteiger partial charge in [-0.25, -0.2) is 4.79 Å². The molecule has 0 saturated heterocycles. The van der Waals surface area contributed by atoms with Gasteiger partial charge in [-0.3, -0.25) is 9.00 Å². The summed E-state index contributed by atoms with van der Waals surface area (Å²) in [6, 6.07) is -1.01. The predicted molar refractivity (Wildman–Crippen MR) is 66.1 cm³/mol. The molecule has 0 fully saturated rings. The van der Waals surface area contributed by atoms with Gasteiger partial charge in [0.15, 0.2) is 0 Å². The number of aliphatic carboxylic acids is 1. The van der Waals surface area contributed by atoms with Crippen LogP contribution in [0, 0.1) is 5.41 Å². The summed E-state index contributed by atoms with van der Waals surface area (Å²) in [4.78, 5) is 22.4. The minimum atomic E-state index is -1.13. The van der Waals surface area contributed by atoms with E-state index in [9.17, 15) is 13.8 Å². The van der Waals surface area contributed by atoms with Crippen molar-refractivity contribution in [3.63, 3.8) is 0 Å². The van der Waals surface area contributed by atoms with Crippen molar-refractivity contribution in [2.45, 2.75) is 19.9 Å². The Morgan fingerprint density at radius 3 is 2.31 bits per heavy atom. The first-order valence-electron chi connectivity index (χ1n) is 4.65. The highest BCUT2D eigenvalue weighted by Gasteiger charge is 2.31. The average Bonchev–Trinajstić information content (AvgIpc) is 2.10. The number of hydrogen-bond acceptors (Lipinski definition) is 4. The Kier molecular flexibility index (Phi) is 6.02. The number of carboxylic acids is 1. The van der Waals surface area contributed by atoms with E-state index in [1.54, 1.807) is 13.8 Å². The fraction of sp³-hybridized carbons (Fsp3) is 0.778. The maximum absolute atomic E-state index is 11.7. The Balaban J connectivity index is 4.55. The van der Waals surface area contributed by atoms with E-state index in [-0.39, 0.29) is 11.5 Å². The molecule has 0 aromatic carbocycles. The lowest BCUT2D eigenvalue weighted by Crippen LogP contribution is -2.49. The van der Waals surface area contributed by atoms with Crippen molar-refractivity contribution < 1.29 is 18.9 Å². The maximum Gasteiger partial charge on any atom is 0.327 e. The topological polar surface area (TPSA) is 83.5 Å². The minimum absolute atomic E-state index is 0.0202. The lowest BCUT2D eigenvalue weighted by molar-refractivity contribution is -0.142. The molecule has 16 heavy (non-hydrogen) atoms. The van der Waals surface area contributed by atoms with Crippen molar-refractivity contribution in [3.05, 3.63) is 0 Å². The number of carbonyl (C=O) groups excluding carboxylic acids is 1. The number of nitrogens with one attached hydrogen (secondary N) is 1. The Morgan fingerprint density at radius 1 is 1.50 bits per heavy atom. The quantitative estimate of drug-likeness (QED) is 0.586. The molecule has 2 atom stereocenters. The van der Waals surface area contributed by atoms with Crippen LogP contribution in [0.2, 0.25) is 0 Å². The third-order valence-corrected chi connectivity index (χ3v) is 3.46. The minimum Gasteiger partial charge on any atom is -0.480 e. The van der Waals surface area contributed by atoms with Crippen LogP contribution in [0.4, 0.5) is 0 Å². The van der Waals surface area contributed by atoms with E-state index in [0.29, 0.717) is 0 Å². The summed E-state index contributed by atoms with van der Waals surface area (Å²) in [5.74, 6) is -1.34. The van der Waals surface area contributed by atoms with Crippen LogP contribution >= 0.6 is 12.6 Å². The van der Waals surface area contributed by atoms with Crippen molar-refractivity contribution in [1.82, 2.24) is 5.32 Å². The molecule has 0 bridgehead atoms. The van der Waals surface area contributed by atoms with Crippen LogP contribution in [-0.4, -0.2) is 45.0 Å². The first kappa shape index (κ1) is 15.4. The van der Waals surface area contributed by atoms with Crippen molar-refractivity contribution >= 4 is 35.3 Å². The van der Waals surface area contributed by atoms with Gasteiger partial charge in [0.05, 0.1) is 5.41 Å². The first-order chi connectivity index (χ1) is 7.20. The van der Waals surface area contributed by atoms with Crippen molar-refractivity contribution in [2.24, 2.45) is 5.41 Å². The molecule has 7 heteroatoms. The Labute approximate surface area is 103 Å². The summed E-state index contributed by atoms with van der Waals surface area (Å²) in [5, 5.41) is 11.1. The monoisotopic (exact) mass is 267 g/mol. The molecule has 0 rings (SSSR count). The van der Waals surface area contributed by atoms with Gasteiger partial charge in [0.1, 0.15) is 6.04 Å². The molecule has 94 valence electrons. The smallest absolute Gasteiger partial charge is 0.327 e. The largest absolute Gasteiger partial charge is 0.480 e. The number of hydrogen-bond donors (Lipinski definition) is 3. The van der Waals surface area contributed by atoms with Gasteiger partial charge in [0.25, 0.3) is 0 Å². The molecular weight excluding hydrogens is 250 g/mol. The summed E-state index contributed by atoms with van der Waals surface area (Å²) < 4.78 is 11.1. The van der Waals surface area contributed by atoms with Gasteiger partial charge < -0.3 is 10.4 Å². The summed E-state index contributed by atoms with van der Waals surface area (Å²) in [5.41, 5.74) is -0.851. The zero-order valence-electron chi connectivity index (χ0n) is 9.52. The summed E-state index contributed by atoms with van der Waals surface area (Å²) in [6.07, 6.45) is 1.50. The second-order valence-electron chi connectivity index (χ2n) is 4.15. The molecule has 1 unspecified atom stereocenters. The van der Waals surface area contributed by atoms with Crippen LogP contribution < -0.4 is 5.32 Å². The SMILES string of the molecule is CS(=O)CC(C)(C)C(=O)N[C@@H](CS)C(=O)O. The van der Waals surface area contributed by atoms with E-state index in [2.05, 4.69) is 17.9 Å². The molecule has 5 nitrogen and oxygen atoms in total. The van der Waals surface area contributed by atoms with Gasteiger partial charge >= 0.3 is 5.97 Å². The molecule has 1 amide bonds. The lowest BCUT2D eigenvalue weighted by atomic mass is 9.95. The van der Waals surface area contributed by atoms with E-state index < -0.39 is 34.1 Å². The highest BCUT2D eigenvalue weighted by molar-refractivity contribution is 7.84. The zero-order valence-corrected chi connectivity index (χ0v) is 11.2. The average molecular weight is 267 g/mol. The van der Waals surface area contributed by atoms with Gasteiger partial charge in [-0.15, -0.1) is 0 Å². The lowest BCUT2D eigenvalue weighted by Gasteiger charge is -2.24. The maximum atomic E-state index is 11.7. The van der Waals surface area contributed by atoms with Crippen LogP contribution in [0.1, 0.15) is 13.8 Å². The van der Waals surface area contributed by atoms with E-state index in [0.717, 1.165) is 0 Å². The Hall–Kier alpha value is -0.560. The summed E-state index contributed by atoms with van der Waals surface area (Å²) in [6.45, 7) is 3.25. The van der Waals surface area contributed by atoms with Gasteiger partial charge in [-0.2, -0.15) is 12.6 Å². The molecule has 0 aromatic rings. The second kappa shape index (κ2) is 6.24. The van der Waals surface area contributed by atoms with E-state index >= 15 is 0 Å². The first-order valence-corrected chi connectivity index (χ1v) is 7.01. The molecule has 0 saturated carbocycles. The third kappa shape index (κ3) is 4.98. The molecule has 0 spiro atoms. The summed E-state index contributed by atoms with van der Waals surface area (Å²) in [7, 11) is -1.11. The molecule has 0 heterocycles. The second-order valence-corrected chi connectivity index (χ2v) is 5.95. The Morgan fingerprint density at radius 2 is 2.00 bits per heavy atom. The molecule has 0 aromatic heterocycles. The molecular formula is C9H17NO4S2. The van der Waals surface area contributed by atoms with Gasteiger partial charge in [0, 0.05) is 28.6 Å². The zero-order chi connectivity index (χ0) is 12.9. The highest BCUT2D eigenvalue weighted by atomic mass is 32.2. The van der Waals surface area contributed by atoms with Gasteiger partial charge in [-0.1, -0.05) is 13.8 Å². The van der Waals surface area contributed by atoms with Crippen molar-refractivity contribution in [1.29, 1.82) is 0 Å². The Bertz CT molecular complexity index is 304. The van der Waals surface area contributed by atoms with Crippen LogP contribution in [0.3, 0.4) is 0 Å². The highest BCUT2D eigenvalue weighted by Crippen LogP contribution is 2.16. The number of carboxylic acid groups (broad SMARTS) is 1. The molecule has 2 N–H and O–H groups in total. The van der Waals surface area contributed by atoms with E-state index in [1.165, 1.54) is 6.26 Å². The molecule has 0 radical (unpaired) electrons. The normalized spacial score (nSPS) is 15.2. The van der Waals surface area contributed by atoms with Crippen molar-refractivity contribution in [2.75, 3.05) is 17.8 Å². The third-order valence-electron chi connectivity index (χ3n) is 1.96. The van der Waals surface area contributed by atoms with E-state index in [4.69, 9.17) is 5.11 Å². The van der Waals surface area contributed by atoms with Crippen LogP contribution in [-0.2, 0) is 20.4 Å². The summed E-state index contributed by atoms with van der Waals surface area (Å²) >= 11 is 3.84. The fourth-order valence-electron chi connectivity index (χ4n) is 1.11. The van der Waals surface area contributed by atoms with E-state index in [1.807, 2.05) is 0 Å². The number of amides is 1.